The van der Waals surface area contributed by atoms with E-state index >= 15 is 0 Å². The molecular weight excluding hydrogens is 795 g/mol. The van der Waals surface area contributed by atoms with Crippen molar-refractivity contribution in [3.8, 4) is 97.5 Å². The van der Waals surface area contributed by atoms with Crippen molar-refractivity contribution in [2.24, 2.45) is 0 Å². The fourth-order valence-corrected chi connectivity index (χ4v) is 7.43. The van der Waals surface area contributed by atoms with E-state index < -0.39 is 30.3 Å². The summed E-state index contributed by atoms with van der Waals surface area (Å²) in [6.07, 6.45) is -10.3. The van der Waals surface area contributed by atoms with Crippen LogP contribution in [0.3, 0.4) is 0 Å². The molecule has 0 spiro atoms. The van der Waals surface area contributed by atoms with Gasteiger partial charge in [-0.05, 0) is 116 Å². The average molecular weight is 817 g/mol. The predicted octanol–water partition coefficient (Wildman–Crippen LogP) is 10.9. The van der Waals surface area contributed by atoms with Gasteiger partial charge in [0.05, 0.1) is 64.2 Å². The summed E-state index contributed by atoms with van der Waals surface area (Å²) in [6, 6.07) is 36.3. The van der Waals surface area contributed by atoms with Crippen molar-refractivity contribution in [3.05, 3.63) is 148 Å². The Labute approximate surface area is 343 Å². The summed E-state index contributed by atoms with van der Waals surface area (Å²) in [4.78, 5) is 0. The number of alkyl halides is 6. The molecule has 8 rings (SSSR count). The molecule has 0 saturated carbocycles. The van der Waals surface area contributed by atoms with Crippen molar-refractivity contribution >= 4 is 5.57 Å². The number of rotatable bonds is 7. The van der Waals surface area contributed by atoms with Gasteiger partial charge in [0, 0.05) is 23.2 Å². The smallest absolute Gasteiger partial charge is 0.405 e. The lowest BCUT2D eigenvalue weighted by atomic mass is 9.93. The van der Waals surface area contributed by atoms with Gasteiger partial charge in [-0.25, -0.2) is 0 Å². The molecule has 1 aliphatic carbocycles. The number of fused-ring (bicyclic) bond motifs is 3. The van der Waals surface area contributed by atoms with Crippen LogP contribution in [0.15, 0.2) is 115 Å². The van der Waals surface area contributed by atoms with E-state index in [1.807, 2.05) is 24.3 Å². The second-order valence-corrected chi connectivity index (χ2v) is 13.9. The predicted molar refractivity (Wildman–Crippen MR) is 209 cm³/mol. The molecule has 1 saturated heterocycles. The summed E-state index contributed by atoms with van der Waals surface area (Å²) >= 11 is 0. The first kappa shape index (κ1) is 39.5. The monoisotopic (exact) mass is 816 g/mol. The second-order valence-electron chi connectivity index (χ2n) is 13.9. The van der Waals surface area contributed by atoms with Crippen LogP contribution in [0.25, 0.3) is 61.2 Å². The van der Waals surface area contributed by atoms with Gasteiger partial charge in [0.1, 0.15) is 11.5 Å². The number of nitrogens with zero attached hydrogens (tertiary/aromatic N) is 5. The highest BCUT2D eigenvalue weighted by atomic mass is 19.4. The number of nitrogens with one attached hydrogen (secondary N) is 1. The zero-order chi connectivity index (χ0) is 43.2. The molecule has 1 heterocycles. The number of nitriles is 5. The third kappa shape index (κ3) is 7.94. The molecule has 1 aliphatic heterocycles. The van der Waals surface area contributed by atoms with Gasteiger partial charge in [-0.1, -0.05) is 48.5 Å². The third-order valence-electron chi connectivity index (χ3n) is 10.1. The molecule has 8 nitrogen and oxygen atoms in total. The maximum absolute atomic E-state index is 14.1. The zero-order valence-corrected chi connectivity index (χ0v) is 31.0. The fraction of sp³-hybridized carbons (Fsp3) is 0.0851. The third-order valence-corrected chi connectivity index (χ3v) is 10.1. The Morgan fingerprint density at radius 3 is 1.10 bits per heavy atom. The fourth-order valence-electron chi connectivity index (χ4n) is 7.43. The molecule has 6 aromatic rings. The summed E-state index contributed by atoms with van der Waals surface area (Å²) in [5, 5.41) is 51.2. The molecule has 2 aliphatic rings. The largest absolute Gasteiger partial charge is 0.573 e. The van der Waals surface area contributed by atoms with E-state index in [2.05, 4.69) is 20.9 Å². The molecule has 1 unspecified atom stereocenters. The van der Waals surface area contributed by atoms with Crippen LogP contribution in [-0.4, -0.2) is 25.3 Å². The van der Waals surface area contributed by atoms with Crippen LogP contribution in [0.1, 0.15) is 33.4 Å². The Morgan fingerprint density at radius 2 is 0.803 bits per heavy atom. The molecule has 294 valence electrons. The Morgan fingerprint density at radius 1 is 0.459 bits per heavy atom. The number of benzene rings is 6. The van der Waals surface area contributed by atoms with Gasteiger partial charge in [0.2, 0.25) is 0 Å². The minimum absolute atomic E-state index is 0.0285. The molecule has 6 aromatic carbocycles. The Bertz CT molecular complexity index is 2800. The van der Waals surface area contributed by atoms with Crippen LogP contribution in [-0.2, 0) is 0 Å². The van der Waals surface area contributed by atoms with Gasteiger partial charge in [0.25, 0.3) is 0 Å². The highest BCUT2D eigenvalue weighted by Gasteiger charge is 2.39. The van der Waals surface area contributed by atoms with E-state index in [1.165, 1.54) is 48.5 Å². The SMILES string of the molecule is N#CC(=C1c2cc(OC(F)(F)F)c(-c3ccc(-c4cc(C#N)cc(C#N)c4)cc3)cc2-c2cc(-c3ccc(-c4cc(C#N)cc(C#N)c4)cc3)c(OC(F)(F)F)cc21)C1CN1. The zero-order valence-electron chi connectivity index (χ0n) is 31.0. The van der Waals surface area contributed by atoms with Crippen molar-refractivity contribution in [1.82, 2.24) is 5.32 Å². The Hall–Kier alpha value is -8.35. The van der Waals surface area contributed by atoms with E-state index in [9.17, 15) is 52.7 Å². The van der Waals surface area contributed by atoms with Crippen LogP contribution in [0.2, 0.25) is 0 Å². The second kappa shape index (κ2) is 15.1. The van der Waals surface area contributed by atoms with Crippen LogP contribution in [0.4, 0.5) is 26.3 Å². The number of halogens is 6. The summed E-state index contributed by atoms with van der Waals surface area (Å²) in [7, 11) is 0. The first-order chi connectivity index (χ1) is 29.2. The first-order valence-electron chi connectivity index (χ1n) is 18.1. The van der Waals surface area contributed by atoms with E-state index in [0.29, 0.717) is 39.9 Å². The van der Waals surface area contributed by atoms with Gasteiger partial charge in [-0.2, -0.15) is 26.3 Å². The topological polar surface area (TPSA) is 159 Å². The molecule has 1 atom stereocenters. The van der Waals surface area contributed by atoms with E-state index in [-0.39, 0.29) is 66.8 Å². The molecule has 0 bridgehead atoms. The van der Waals surface area contributed by atoms with Gasteiger partial charge >= 0.3 is 12.7 Å². The Kier molecular flexibility index (Phi) is 9.78. The lowest BCUT2D eigenvalue weighted by molar-refractivity contribution is -0.275. The Balaban J connectivity index is 1.32. The van der Waals surface area contributed by atoms with Crippen LogP contribution in [0.5, 0.6) is 11.5 Å². The van der Waals surface area contributed by atoms with Crippen LogP contribution < -0.4 is 14.8 Å². The average Bonchev–Trinajstić information content (AvgIpc) is 4.05. The summed E-state index contributed by atoms with van der Waals surface area (Å²) in [5.41, 5.74) is 4.61. The van der Waals surface area contributed by atoms with E-state index in [4.69, 9.17) is 0 Å². The van der Waals surface area contributed by atoms with E-state index in [0.717, 1.165) is 12.1 Å². The molecule has 1 fully saturated rings. The van der Waals surface area contributed by atoms with Gasteiger partial charge in [-0.15, -0.1) is 26.3 Å². The number of hydrogen-bond acceptors (Lipinski definition) is 8. The van der Waals surface area contributed by atoms with Gasteiger partial charge in [0.15, 0.2) is 0 Å². The van der Waals surface area contributed by atoms with Gasteiger partial charge < -0.3 is 14.8 Å². The summed E-state index contributed by atoms with van der Waals surface area (Å²) < 4.78 is 93.8. The maximum Gasteiger partial charge on any atom is 0.573 e. The maximum atomic E-state index is 14.1. The van der Waals surface area contributed by atoms with Crippen LogP contribution >= 0.6 is 0 Å². The molecule has 0 aromatic heterocycles. The van der Waals surface area contributed by atoms with E-state index in [1.54, 1.807) is 48.5 Å². The molecule has 61 heavy (non-hydrogen) atoms. The van der Waals surface area contributed by atoms with Crippen LogP contribution in [0, 0.1) is 56.7 Å². The van der Waals surface area contributed by atoms with Gasteiger partial charge in [-0.3, -0.25) is 0 Å². The molecule has 14 heteroatoms. The summed E-state index contributed by atoms with van der Waals surface area (Å²) in [6.45, 7) is 0.351. The van der Waals surface area contributed by atoms with Crippen molar-refractivity contribution in [3.63, 3.8) is 0 Å². The highest BCUT2D eigenvalue weighted by Crippen LogP contribution is 2.54. The normalized spacial score (nSPS) is 13.7. The number of hydrogen-bond donors (Lipinski definition) is 1. The minimum atomic E-state index is -5.17. The number of ether oxygens (including phenoxy) is 2. The lowest BCUT2D eigenvalue weighted by Gasteiger charge is -2.17. The highest BCUT2D eigenvalue weighted by molar-refractivity contribution is 6.07. The molecule has 0 radical (unpaired) electrons. The lowest BCUT2D eigenvalue weighted by Crippen LogP contribution is -2.18. The quantitative estimate of drug-likeness (QED) is 0.0945. The van der Waals surface area contributed by atoms with Crippen molar-refractivity contribution in [1.29, 1.82) is 26.3 Å². The molecule has 1 N–H and O–H groups in total. The summed E-state index contributed by atoms with van der Waals surface area (Å²) in [5.74, 6) is -1.27. The first-order valence-corrected chi connectivity index (χ1v) is 18.1. The minimum Gasteiger partial charge on any atom is -0.405 e. The molecular formula is C47H22F6N6O2. The van der Waals surface area contributed by atoms with Crippen molar-refractivity contribution in [2.45, 2.75) is 18.8 Å². The molecule has 0 amide bonds. The standard InChI is InChI=1S/C47H22F6N6O2/c48-46(49,50)60-43-17-39-37(15-35(43)31-5-1-29(2-6-31)33-11-25(19-54)9-26(12-33)20-55)38-16-36(32-7-3-30(4-8-32)34-13-27(21-56)10-28(14-34)22-57)44(61-47(51,52)53)18-40(38)45(39)41(23-58)42-24-59-42/h1-18,42,59H,24H2. The van der Waals surface area contributed by atoms with Crippen molar-refractivity contribution in [2.75, 3.05) is 6.54 Å². The van der Waals surface area contributed by atoms with Crippen molar-refractivity contribution < 1.29 is 35.8 Å².